The Morgan fingerprint density at radius 2 is 1.83 bits per heavy atom. The predicted molar refractivity (Wildman–Crippen MR) is 66.7 cm³/mol. The number of rotatable bonds is 0. The minimum atomic E-state index is -0.0541. The largest absolute Gasteiger partial charge is 0.462 e. The van der Waals surface area contributed by atoms with Crippen molar-refractivity contribution in [2.24, 2.45) is 29.6 Å². The molecular formula is C15H20O3. The summed E-state index contributed by atoms with van der Waals surface area (Å²) in [5.41, 5.74) is 1.30. The number of hydrogen-bond acceptors (Lipinski definition) is 3. The van der Waals surface area contributed by atoms with Gasteiger partial charge < -0.3 is 4.74 Å². The van der Waals surface area contributed by atoms with Crippen LogP contribution in [0.3, 0.4) is 0 Å². The molecule has 3 aliphatic rings. The van der Waals surface area contributed by atoms with Crippen LogP contribution in [-0.2, 0) is 14.3 Å². The van der Waals surface area contributed by atoms with Gasteiger partial charge in [-0.15, -0.1) is 0 Å². The van der Waals surface area contributed by atoms with Gasteiger partial charge in [0, 0.05) is 11.8 Å². The molecule has 0 unspecified atom stereocenters. The zero-order valence-corrected chi connectivity index (χ0v) is 11.2. The number of fused-ring (bicyclic) bond motifs is 2. The molecule has 0 aromatic heterocycles. The van der Waals surface area contributed by atoms with Crippen LogP contribution >= 0.6 is 0 Å². The summed E-state index contributed by atoms with van der Waals surface area (Å²) in [6, 6.07) is 0. The molecule has 1 saturated heterocycles. The second-order valence-electron chi connectivity index (χ2n) is 6.24. The maximum absolute atomic E-state index is 11.9. The van der Waals surface area contributed by atoms with Crippen molar-refractivity contribution < 1.29 is 14.3 Å². The van der Waals surface area contributed by atoms with Gasteiger partial charge in [-0.25, -0.2) is 0 Å². The summed E-state index contributed by atoms with van der Waals surface area (Å²) in [5.74, 6) is 1.27. The highest BCUT2D eigenvalue weighted by Gasteiger charge is 2.49. The maximum Gasteiger partial charge on any atom is 0.309 e. The summed E-state index contributed by atoms with van der Waals surface area (Å²) < 4.78 is 5.50. The third-order valence-corrected chi connectivity index (χ3v) is 5.23. The van der Waals surface area contributed by atoms with E-state index in [9.17, 15) is 9.59 Å². The van der Waals surface area contributed by atoms with Crippen molar-refractivity contribution in [1.82, 2.24) is 0 Å². The third kappa shape index (κ3) is 1.56. The lowest BCUT2D eigenvalue weighted by atomic mass is 9.80. The maximum atomic E-state index is 11.9. The molecule has 98 valence electrons. The summed E-state index contributed by atoms with van der Waals surface area (Å²) in [4.78, 5) is 23.6. The Hall–Kier alpha value is -1.12. The van der Waals surface area contributed by atoms with Crippen molar-refractivity contribution in [2.75, 3.05) is 0 Å². The van der Waals surface area contributed by atoms with E-state index in [0.29, 0.717) is 17.8 Å². The molecule has 0 bridgehead atoms. The molecule has 0 amide bonds. The molecule has 1 aliphatic heterocycles. The molecular weight excluding hydrogens is 228 g/mol. The topological polar surface area (TPSA) is 43.4 Å². The van der Waals surface area contributed by atoms with E-state index in [-0.39, 0.29) is 29.7 Å². The quantitative estimate of drug-likeness (QED) is 0.618. The molecule has 0 radical (unpaired) electrons. The molecule has 2 fully saturated rings. The smallest absolute Gasteiger partial charge is 0.309 e. The highest BCUT2D eigenvalue weighted by Crippen LogP contribution is 2.48. The van der Waals surface area contributed by atoms with Gasteiger partial charge in [0.2, 0.25) is 0 Å². The third-order valence-electron chi connectivity index (χ3n) is 5.23. The van der Waals surface area contributed by atoms with E-state index < -0.39 is 0 Å². The van der Waals surface area contributed by atoms with E-state index in [0.717, 1.165) is 12.8 Å². The summed E-state index contributed by atoms with van der Waals surface area (Å²) in [6.45, 7) is 6.14. The van der Waals surface area contributed by atoms with Crippen LogP contribution in [0.5, 0.6) is 0 Å². The number of ether oxygens (including phenoxy) is 1. The first-order chi connectivity index (χ1) is 8.49. The van der Waals surface area contributed by atoms with Crippen LogP contribution in [0, 0.1) is 29.6 Å². The van der Waals surface area contributed by atoms with Crippen LogP contribution in [-0.4, -0.2) is 17.9 Å². The average molecular weight is 248 g/mol. The molecule has 3 heteroatoms. The lowest BCUT2D eigenvalue weighted by Crippen LogP contribution is -2.23. The molecule has 0 N–H and O–H groups in total. The highest BCUT2D eigenvalue weighted by atomic mass is 16.6. The van der Waals surface area contributed by atoms with E-state index in [1.165, 1.54) is 5.57 Å². The van der Waals surface area contributed by atoms with E-state index in [4.69, 9.17) is 4.74 Å². The van der Waals surface area contributed by atoms with Gasteiger partial charge in [0.25, 0.3) is 0 Å². The van der Waals surface area contributed by atoms with Crippen LogP contribution < -0.4 is 0 Å². The molecule has 1 saturated carbocycles. The number of ketones is 1. The first-order valence-electron chi connectivity index (χ1n) is 6.95. The van der Waals surface area contributed by atoms with E-state index in [2.05, 4.69) is 6.92 Å². The van der Waals surface area contributed by atoms with Crippen LogP contribution in [0.15, 0.2) is 11.6 Å². The Morgan fingerprint density at radius 1 is 1.11 bits per heavy atom. The molecule has 0 aromatic carbocycles. The first-order valence-corrected chi connectivity index (χ1v) is 6.95. The Morgan fingerprint density at radius 3 is 2.56 bits per heavy atom. The molecule has 0 spiro atoms. The van der Waals surface area contributed by atoms with Gasteiger partial charge in [0.1, 0.15) is 6.10 Å². The molecule has 2 aliphatic carbocycles. The normalized spacial score (nSPS) is 47.2. The van der Waals surface area contributed by atoms with Gasteiger partial charge >= 0.3 is 5.97 Å². The fourth-order valence-electron chi connectivity index (χ4n) is 3.93. The van der Waals surface area contributed by atoms with E-state index in [1.54, 1.807) is 0 Å². The fraction of sp³-hybridized carbons (Fsp3) is 0.733. The van der Waals surface area contributed by atoms with Crippen LogP contribution in [0.25, 0.3) is 0 Å². The first kappa shape index (κ1) is 11.9. The average Bonchev–Trinajstić information content (AvgIpc) is 2.68. The van der Waals surface area contributed by atoms with Crippen molar-refractivity contribution in [3.05, 3.63) is 11.6 Å². The zero-order valence-electron chi connectivity index (χ0n) is 11.2. The highest BCUT2D eigenvalue weighted by molar-refractivity contribution is 5.95. The standard InChI is InChI=1S/C15H20O3/c1-7-4-14-12(9(3)15(17)18-14)5-11-8(2)13(16)6-10(7)11/h6-9,11-12,14H,4-5H2,1-3H3/t7-,8+,9-,11-,12+,14-/m0/s1. The SMILES string of the molecule is C[C@@H]1C(=O)O[C@H]2C[C@H](C)C3=CC(=O)[C@H](C)[C@@H]3C[C@@H]21. The van der Waals surface area contributed by atoms with Gasteiger partial charge in [-0.05, 0) is 30.8 Å². The Balaban J connectivity index is 1.93. The molecule has 6 atom stereocenters. The second kappa shape index (κ2) is 3.94. The van der Waals surface area contributed by atoms with Crippen LogP contribution in [0.4, 0.5) is 0 Å². The minimum absolute atomic E-state index is 0.00977. The zero-order chi connectivity index (χ0) is 13.0. The van der Waals surface area contributed by atoms with Crippen molar-refractivity contribution in [3.63, 3.8) is 0 Å². The molecule has 0 aromatic rings. The van der Waals surface area contributed by atoms with E-state index >= 15 is 0 Å². The number of esters is 1. The fourth-order valence-corrected chi connectivity index (χ4v) is 3.93. The Bertz CT molecular complexity index is 437. The van der Waals surface area contributed by atoms with Gasteiger partial charge in [0.05, 0.1) is 5.92 Å². The van der Waals surface area contributed by atoms with Crippen molar-refractivity contribution in [2.45, 2.75) is 39.7 Å². The van der Waals surface area contributed by atoms with Gasteiger partial charge in [-0.1, -0.05) is 26.3 Å². The molecule has 3 rings (SSSR count). The molecule has 18 heavy (non-hydrogen) atoms. The van der Waals surface area contributed by atoms with Crippen LogP contribution in [0.1, 0.15) is 33.6 Å². The monoisotopic (exact) mass is 248 g/mol. The molecule has 3 nitrogen and oxygen atoms in total. The number of carbonyl (C=O) groups is 2. The molecule has 1 heterocycles. The predicted octanol–water partition coefficient (Wildman–Crippen LogP) is 2.36. The number of allylic oxidation sites excluding steroid dienone is 2. The van der Waals surface area contributed by atoms with Crippen molar-refractivity contribution in [1.29, 1.82) is 0 Å². The number of hydrogen-bond donors (Lipinski definition) is 0. The Labute approximate surface area is 108 Å². The lowest BCUT2D eigenvalue weighted by molar-refractivity contribution is -0.144. The van der Waals surface area contributed by atoms with Gasteiger partial charge in [0.15, 0.2) is 5.78 Å². The van der Waals surface area contributed by atoms with Crippen molar-refractivity contribution >= 4 is 11.8 Å². The summed E-state index contributed by atoms with van der Waals surface area (Å²) >= 11 is 0. The van der Waals surface area contributed by atoms with Gasteiger partial charge in [-0.2, -0.15) is 0 Å². The summed E-state index contributed by atoms with van der Waals surface area (Å²) in [6.07, 6.45) is 3.73. The van der Waals surface area contributed by atoms with Gasteiger partial charge in [-0.3, -0.25) is 9.59 Å². The summed E-state index contributed by atoms with van der Waals surface area (Å²) in [5, 5.41) is 0. The Kier molecular flexibility index (Phi) is 2.61. The van der Waals surface area contributed by atoms with Crippen molar-refractivity contribution in [3.8, 4) is 0 Å². The minimum Gasteiger partial charge on any atom is -0.462 e. The summed E-state index contributed by atoms with van der Waals surface area (Å²) in [7, 11) is 0. The second-order valence-corrected chi connectivity index (χ2v) is 6.24. The number of carbonyl (C=O) groups excluding carboxylic acids is 2. The van der Waals surface area contributed by atoms with Crippen LogP contribution in [0.2, 0.25) is 0 Å². The lowest BCUT2D eigenvalue weighted by Gasteiger charge is -2.22. The van der Waals surface area contributed by atoms with E-state index in [1.807, 2.05) is 19.9 Å².